The summed E-state index contributed by atoms with van der Waals surface area (Å²) in [5.41, 5.74) is 5.03. The quantitative estimate of drug-likeness (QED) is 0.842. The number of hydrogen-bond donors (Lipinski definition) is 2. The van der Waals surface area contributed by atoms with Crippen molar-refractivity contribution in [3.05, 3.63) is 41.6 Å². The minimum Gasteiger partial charge on any atom is -0.310 e. The van der Waals surface area contributed by atoms with E-state index in [2.05, 4.69) is 53.6 Å². The third-order valence-corrected chi connectivity index (χ3v) is 3.76. The summed E-state index contributed by atoms with van der Waals surface area (Å²) in [7, 11) is 0. The SMILES string of the molecule is CC(C)Cc1ccc(-c2[nH]ncc2CNC2CC2)cc1. The van der Waals surface area contributed by atoms with Gasteiger partial charge in [-0.1, -0.05) is 38.1 Å². The van der Waals surface area contributed by atoms with Crippen LogP contribution >= 0.6 is 0 Å². The van der Waals surface area contributed by atoms with Crippen LogP contribution in [0.15, 0.2) is 30.5 Å². The van der Waals surface area contributed by atoms with Crippen molar-refractivity contribution in [2.75, 3.05) is 0 Å². The number of aromatic amines is 1. The Bertz CT molecular complexity index is 550. The Balaban J connectivity index is 1.72. The summed E-state index contributed by atoms with van der Waals surface area (Å²) in [5, 5.41) is 10.9. The van der Waals surface area contributed by atoms with Crippen molar-refractivity contribution in [2.45, 2.75) is 45.7 Å². The van der Waals surface area contributed by atoms with E-state index in [-0.39, 0.29) is 0 Å². The first kappa shape index (κ1) is 13.4. The van der Waals surface area contributed by atoms with E-state index in [9.17, 15) is 0 Å². The van der Waals surface area contributed by atoms with Gasteiger partial charge in [-0.05, 0) is 36.3 Å². The number of hydrogen-bond acceptors (Lipinski definition) is 2. The standard InChI is InChI=1S/C17H23N3/c1-12(2)9-13-3-5-14(6-4-13)17-15(11-19-20-17)10-18-16-7-8-16/h3-6,11-12,16,18H,7-10H2,1-2H3,(H,19,20). The Morgan fingerprint density at radius 2 is 2.00 bits per heavy atom. The molecule has 0 atom stereocenters. The molecule has 0 bridgehead atoms. The fraction of sp³-hybridized carbons (Fsp3) is 0.471. The molecule has 0 unspecified atom stereocenters. The van der Waals surface area contributed by atoms with Gasteiger partial charge >= 0.3 is 0 Å². The van der Waals surface area contributed by atoms with Crippen LogP contribution in [0.5, 0.6) is 0 Å². The lowest BCUT2D eigenvalue weighted by Crippen LogP contribution is -2.15. The van der Waals surface area contributed by atoms with Gasteiger partial charge in [0.25, 0.3) is 0 Å². The Morgan fingerprint density at radius 3 is 2.65 bits per heavy atom. The van der Waals surface area contributed by atoms with Gasteiger partial charge in [0, 0.05) is 18.2 Å². The fourth-order valence-corrected chi connectivity index (χ4v) is 2.52. The summed E-state index contributed by atoms with van der Waals surface area (Å²) in [5.74, 6) is 0.700. The van der Waals surface area contributed by atoms with Crippen molar-refractivity contribution in [3.8, 4) is 11.3 Å². The number of H-pyrrole nitrogens is 1. The van der Waals surface area contributed by atoms with Gasteiger partial charge in [0.1, 0.15) is 0 Å². The number of nitrogens with one attached hydrogen (secondary N) is 2. The molecule has 0 radical (unpaired) electrons. The monoisotopic (exact) mass is 269 g/mol. The predicted molar refractivity (Wildman–Crippen MR) is 82.4 cm³/mol. The Morgan fingerprint density at radius 1 is 1.25 bits per heavy atom. The molecule has 1 aromatic carbocycles. The number of benzene rings is 1. The van der Waals surface area contributed by atoms with E-state index < -0.39 is 0 Å². The number of rotatable bonds is 6. The van der Waals surface area contributed by atoms with Gasteiger partial charge in [-0.15, -0.1) is 0 Å². The first-order chi connectivity index (χ1) is 9.72. The van der Waals surface area contributed by atoms with Crippen LogP contribution in [0.4, 0.5) is 0 Å². The molecule has 1 heterocycles. The van der Waals surface area contributed by atoms with Gasteiger partial charge in [0.15, 0.2) is 0 Å². The second-order valence-electron chi connectivity index (χ2n) is 6.22. The highest BCUT2D eigenvalue weighted by atomic mass is 15.1. The molecule has 0 spiro atoms. The van der Waals surface area contributed by atoms with Crippen molar-refractivity contribution in [3.63, 3.8) is 0 Å². The van der Waals surface area contributed by atoms with Crippen LogP contribution in [-0.2, 0) is 13.0 Å². The summed E-state index contributed by atoms with van der Waals surface area (Å²) < 4.78 is 0. The van der Waals surface area contributed by atoms with Crippen molar-refractivity contribution in [2.24, 2.45) is 5.92 Å². The topological polar surface area (TPSA) is 40.7 Å². The van der Waals surface area contributed by atoms with E-state index >= 15 is 0 Å². The molecule has 0 aliphatic heterocycles. The maximum absolute atomic E-state index is 4.20. The van der Waals surface area contributed by atoms with E-state index in [0.29, 0.717) is 5.92 Å². The lowest BCUT2D eigenvalue weighted by Gasteiger charge is -2.07. The maximum Gasteiger partial charge on any atom is 0.0695 e. The number of aromatic nitrogens is 2. The summed E-state index contributed by atoms with van der Waals surface area (Å²) >= 11 is 0. The highest BCUT2D eigenvalue weighted by Gasteiger charge is 2.20. The average Bonchev–Trinajstić information content (AvgIpc) is 3.14. The molecular formula is C17H23N3. The normalized spacial score (nSPS) is 14.9. The zero-order valence-corrected chi connectivity index (χ0v) is 12.3. The average molecular weight is 269 g/mol. The van der Waals surface area contributed by atoms with E-state index in [0.717, 1.165) is 24.7 Å². The second kappa shape index (κ2) is 5.80. The molecule has 3 nitrogen and oxygen atoms in total. The smallest absolute Gasteiger partial charge is 0.0695 e. The molecular weight excluding hydrogens is 246 g/mol. The Labute approximate surface area is 120 Å². The molecule has 20 heavy (non-hydrogen) atoms. The molecule has 2 N–H and O–H groups in total. The zero-order valence-electron chi connectivity index (χ0n) is 12.3. The summed E-state index contributed by atoms with van der Waals surface area (Å²) in [6, 6.07) is 9.59. The van der Waals surface area contributed by atoms with Crippen LogP contribution in [0.25, 0.3) is 11.3 Å². The van der Waals surface area contributed by atoms with Gasteiger partial charge in [0.05, 0.1) is 11.9 Å². The van der Waals surface area contributed by atoms with Gasteiger partial charge in [-0.25, -0.2) is 0 Å². The minimum absolute atomic E-state index is 0.700. The molecule has 1 fully saturated rings. The molecule has 0 amide bonds. The molecule has 0 saturated heterocycles. The van der Waals surface area contributed by atoms with Crippen LogP contribution in [0.2, 0.25) is 0 Å². The predicted octanol–water partition coefficient (Wildman–Crippen LogP) is 3.53. The van der Waals surface area contributed by atoms with Gasteiger partial charge in [0.2, 0.25) is 0 Å². The van der Waals surface area contributed by atoms with Gasteiger partial charge in [-0.3, -0.25) is 5.10 Å². The molecule has 1 saturated carbocycles. The summed E-state index contributed by atoms with van der Waals surface area (Å²) in [6.07, 6.45) is 5.71. The first-order valence-corrected chi connectivity index (χ1v) is 7.57. The fourth-order valence-electron chi connectivity index (χ4n) is 2.52. The van der Waals surface area contributed by atoms with Crippen molar-refractivity contribution in [1.82, 2.24) is 15.5 Å². The molecule has 106 valence electrons. The third-order valence-electron chi connectivity index (χ3n) is 3.76. The largest absolute Gasteiger partial charge is 0.310 e. The van der Waals surface area contributed by atoms with Crippen LogP contribution in [0.3, 0.4) is 0 Å². The highest BCUT2D eigenvalue weighted by molar-refractivity contribution is 5.62. The van der Waals surface area contributed by atoms with Crippen molar-refractivity contribution in [1.29, 1.82) is 0 Å². The molecule has 2 aromatic rings. The minimum atomic E-state index is 0.700. The third kappa shape index (κ3) is 3.28. The van der Waals surface area contributed by atoms with E-state index in [4.69, 9.17) is 0 Å². The van der Waals surface area contributed by atoms with Crippen molar-refractivity contribution < 1.29 is 0 Å². The van der Waals surface area contributed by atoms with E-state index in [1.807, 2.05) is 6.20 Å². The maximum atomic E-state index is 4.20. The lowest BCUT2D eigenvalue weighted by molar-refractivity contribution is 0.647. The van der Waals surface area contributed by atoms with Gasteiger partial charge < -0.3 is 5.32 Å². The zero-order chi connectivity index (χ0) is 13.9. The van der Waals surface area contributed by atoms with Crippen molar-refractivity contribution >= 4 is 0 Å². The van der Waals surface area contributed by atoms with E-state index in [1.54, 1.807) is 0 Å². The van der Waals surface area contributed by atoms with Crippen LogP contribution in [0, 0.1) is 5.92 Å². The molecule has 1 aliphatic rings. The van der Waals surface area contributed by atoms with E-state index in [1.165, 1.54) is 29.5 Å². The Hall–Kier alpha value is -1.61. The van der Waals surface area contributed by atoms with Gasteiger partial charge in [-0.2, -0.15) is 5.10 Å². The summed E-state index contributed by atoms with van der Waals surface area (Å²) in [6.45, 7) is 5.42. The second-order valence-corrected chi connectivity index (χ2v) is 6.22. The highest BCUT2D eigenvalue weighted by Crippen LogP contribution is 2.24. The summed E-state index contributed by atoms with van der Waals surface area (Å²) in [4.78, 5) is 0. The molecule has 3 heteroatoms. The molecule has 3 rings (SSSR count). The first-order valence-electron chi connectivity index (χ1n) is 7.57. The van der Waals surface area contributed by atoms with Crippen LogP contribution in [-0.4, -0.2) is 16.2 Å². The molecule has 1 aromatic heterocycles. The lowest BCUT2D eigenvalue weighted by atomic mass is 10.00. The van der Waals surface area contributed by atoms with Crippen LogP contribution < -0.4 is 5.32 Å². The molecule has 1 aliphatic carbocycles. The Kier molecular flexibility index (Phi) is 3.88. The van der Waals surface area contributed by atoms with Crippen LogP contribution in [0.1, 0.15) is 37.8 Å². The number of nitrogens with zero attached hydrogens (tertiary/aromatic N) is 1.